The lowest BCUT2D eigenvalue weighted by Gasteiger charge is -2.13. The van der Waals surface area contributed by atoms with Crippen molar-refractivity contribution in [2.24, 2.45) is 0 Å². The molecule has 0 fully saturated rings. The maximum Gasteiger partial charge on any atom is 0.147 e. The first-order valence-electron chi connectivity index (χ1n) is 5.66. The fourth-order valence-corrected chi connectivity index (χ4v) is 2.55. The third-order valence-electron chi connectivity index (χ3n) is 2.50. The summed E-state index contributed by atoms with van der Waals surface area (Å²) in [6.45, 7) is 0.723. The van der Waals surface area contributed by atoms with Crippen LogP contribution in [0.3, 0.4) is 0 Å². The van der Waals surface area contributed by atoms with Crippen LogP contribution in [-0.2, 0) is 6.54 Å². The van der Waals surface area contributed by atoms with E-state index in [0.717, 1.165) is 26.8 Å². The van der Waals surface area contributed by atoms with Crippen LogP contribution in [0, 0.1) is 0 Å². The van der Waals surface area contributed by atoms with Crippen LogP contribution in [0.15, 0.2) is 45.3 Å². The molecule has 100 valence electrons. The number of nitrogens with one attached hydrogen (secondary N) is 1. The number of rotatable bonds is 4. The first-order valence-corrected chi connectivity index (χ1v) is 7.62. The molecule has 5 heteroatoms. The van der Waals surface area contributed by atoms with Crippen molar-refractivity contribution in [2.45, 2.75) is 6.54 Å². The second kappa shape index (κ2) is 6.75. The Morgan fingerprint density at radius 3 is 2.47 bits per heavy atom. The van der Waals surface area contributed by atoms with Gasteiger partial charge in [0.2, 0.25) is 0 Å². The Hall–Kier alpha value is -0.550. The van der Waals surface area contributed by atoms with Crippen LogP contribution in [-0.4, -0.2) is 7.05 Å². The molecule has 0 atom stereocenters. The van der Waals surface area contributed by atoms with E-state index in [-0.39, 0.29) is 0 Å². The quantitative estimate of drug-likeness (QED) is 0.738. The second-order valence-electron chi connectivity index (χ2n) is 3.96. The Morgan fingerprint density at radius 1 is 1.05 bits per heavy atom. The van der Waals surface area contributed by atoms with E-state index < -0.39 is 0 Å². The molecule has 2 nitrogen and oxygen atoms in total. The van der Waals surface area contributed by atoms with Gasteiger partial charge in [-0.1, -0.05) is 43.5 Å². The molecule has 0 heterocycles. The van der Waals surface area contributed by atoms with Gasteiger partial charge in [-0.15, -0.1) is 0 Å². The van der Waals surface area contributed by atoms with E-state index in [0.29, 0.717) is 10.8 Å². The van der Waals surface area contributed by atoms with Crippen molar-refractivity contribution in [2.75, 3.05) is 7.05 Å². The van der Waals surface area contributed by atoms with Gasteiger partial charge in [0.1, 0.15) is 11.5 Å². The summed E-state index contributed by atoms with van der Waals surface area (Å²) < 4.78 is 7.85. The van der Waals surface area contributed by atoms with Crippen LogP contribution in [0.1, 0.15) is 5.56 Å². The van der Waals surface area contributed by atoms with Gasteiger partial charge in [0.05, 0.1) is 5.02 Å². The average molecular weight is 406 g/mol. The Labute approximate surface area is 134 Å². The van der Waals surface area contributed by atoms with E-state index in [1.807, 2.05) is 37.4 Å². The Morgan fingerprint density at radius 2 is 1.74 bits per heavy atom. The second-order valence-corrected chi connectivity index (χ2v) is 6.20. The Balaban J connectivity index is 2.34. The fraction of sp³-hybridized carbons (Fsp3) is 0.143. The number of benzene rings is 2. The zero-order valence-electron chi connectivity index (χ0n) is 10.2. The van der Waals surface area contributed by atoms with Gasteiger partial charge in [0, 0.05) is 21.1 Å². The highest BCUT2D eigenvalue weighted by molar-refractivity contribution is 9.10. The molecule has 19 heavy (non-hydrogen) atoms. The van der Waals surface area contributed by atoms with Crippen molar-refractivity contribution in [1.82, 2.24) is 5.32 Å². The van der Waals surface area contributed by atoms with Gasteiger partial charge >= 0.3 is 0 Å². The minimum Gasteiger partial charge on any atom is -0.455 e. The van der Waals surface area contributed by atoms with Crippen molar-refractivity contribution < 1.29 is 4.74 Å². The molecule has 0 bridgehead atoms. The molecule has 0 aliphatic rings. The van der Waals surface area contributed by atoms with Gasteiger partial charge in [0.25, 0.3) is 0 Å². The standard InChI is InChI=1S/C14H12Br2ClNO/c1-18-8-9-6-10(15)3-5-13(9)19-14-7-11(16)2-4-12(14)17/h2-7,18H,8H2,1H3. The molecule has 2 rings (SSSR count). The number of ether oxygens (including phenoxy) is 1. The molecule has 1 N–H and O–H groups in total. The van der Waals surface area contributed by atoms with Crippen LogP contribution in [0.5, 0.6) is 11.5 Å². The van der Waals surface area contributed by atoms with Crippen LogP contribution in [0.25, 0.3) is 0 Å². The Bertz CT molecular complexity index is 590. The molecule has 2 aromatic rings. The SMILES string of the molecule is CNCc1cc(Br)ccc1Oc1cc(Br)ccc1Cl. The summed E-state index contributed by atoms with van der Waals surface area (Å²) >= 11 is 13.0. The molecule has 0 aliphatic heterocycles. The van der Waals surface area contributed by atoms with Crippen LogP contribution < -0.4 is 10.1 Å². The lowest BCUT2D eigenvalue weighted by Crippen LogP contribution is -2.06. The predicted molar refractivity (Wildman–Crippen MR) is 86.1 cm³/mol. The fourth-order valence-electron chi connectivity index (χ4n) is 1.65. The highest BCUT2D eigenvalue weighted by atomic mass is 79.9. The summed E-state index contributed by atoms with van der Waals surface area (Å²) in [6, 6.07) is 11.4. The smallest absolute Gasteiger partial charge is 0.147 e. The van der Waals surface area contributed by atoms with Crippen molar-refractivity contribution in [3.8, 4) is 11.5 Å². The van der Waals surface area contributed by atoms with Gasteiger partial charge < -0.3 is 10.1 Å². The topological polar surface area (TPSA) is 21.3 Å². The largest absolute Gasteiger partial charge is 0.455 e. The molecule has 2 aromatic carbocycles. The third-order valence-corrected chi connectivity index (χ3v) is 3.80. The van der Waals surface area contributed by atoms with Crippen molar-refractivity contribution in [1.29, 1.82) is 0 Å². The molecule has 0 spiro atoms. The molecule has 0 radical (unpaired) electrons. The average Bonchev–Trinajstić information content (AvgIpc) is 2.37. The maximum absolute atomic E-state index is 6.14. The highest BCUT2D eigenvalue weighted by Crippen LogP contribution is 2.34. The summed E-state index contributed by atoms with van der Waals surface area (Å²) in [7, 11) is 1.90. The van der Waals surface area contributed by atoms with Crippen molar-refractivity contribution in [3.63, 3.8) is 0 Å². The van der Waals surface area contributed by atoms with Crippen molar-refractivity contribution >= 4 is 43.5 Å². The van der Waals surface area contributed by atoms with Gasteiger partial charge in [-0.25, -0.2) is 0 Å². The van der Waals surface area contributed by atoms with Gasteiger partial charge in [-0.05, 0) is 43.4 Å². The molecular formula is C14H12Br2ClNO. The van der Waals surface area contributed by atoms with E-state index in [9.17, 15) is 0 Å². The van der Waals surface area contributed by atoms with E-state index in [1.165, 1.54) is 0 Å². The maximum atomic E-state index is 6.14. The predicted octanol–water partition coefficient (Wildman–Crippen LogP) is 5.38. The summed E-state index contributed by atoms with van der Waals surface area (Å²) in [6.07, 6.45) is 0. The van der Waals surface area contributed by atoms with E-state index in [4.69, 9.17) is 16.3 Å². The summed E-state index contributed by atoms with van der Waals surface area (Å²) in [5.41, 5.74) is 1.06. The molecule has 0 aromatic heterocycles. The number of halogens is 3. The summed E-state index contributed by atoms with van der Waals surface area (Å²) in [4.78, 5) is 0. The lowest BCUT2D eigenvalue weighted by atomic mass is 10.2. The van der Waals surface area contributed by atoms with Gasteiger partial charge in [0.15, 0.2) is 0 Å². The molecule has 0 saturated heterocycles. The van der Waals surface area contributed by atoms with Gasteiger partial charge in [-0.3, -0.25) is 0 Å². The highest BCUT2D eigenvalue weighted by Gasteiger charge is 2.08. The Kier molecular flexibility index (Phi) is 5.28. The van der Waals surface area contributed by atoms with Crippen LogP contribution in [0.2, 0.25) is 5.02 Å². The lowest BCUT2D eigenvalue weighted by molar-refractivity contribution is 0.474. The van der Waals surface area contributed by atoms with Crippen LogP contribution >= 0.6 is 43.5 Å². The molecule has 0 aliphatic carbocycles. The van der Waals surface area contributed by atoms with Gasteiger partial charge in [-0.2, -0.15) is 0 Å². The first kappa shape index (κ1) is 14.9. The third kappa shape index (κ3) is 3.96. The first-order chi connectivity index (χ1) is 9.10. The van der Waals surface area contributed by atoms with Crippen molar-refractivity contribution in [3.05, 3.63) is 55.9 Å². The molecular weight excluding hydrogens is 393 g/mol. The zero-order chi connectivity index (χ0) is 13.8. The minimum absolute atomic E-state index is 0.585. The zero-order valence-corrected chi connectivity index (χ0v) is 14.1. The number of hydrogen-bond donors (Lipinski definition) is 1. The number of hydrogen-bond acceptors (Lipinski definition) is 2. The van der Waals surface area contributed by atoms with E-state index >= 15 is 0 Å². The molecule has 0 saturated carbocycles. The summed E-state index contributed by atoms with van der Waals surface area (Å²) in [5, 5.41) is 3.71. The van der Waals surface area contributed by atoms with E-state index in [2.05, 4.69) is 37.2 Å². The minimum atomic E-state index is 0.585. The monoisotopic (exact) mass is 403 g/mol. The van der Waals surface area contributed by atoms with E-state index in [1.54, 1.807) is 6.07 Å². The van der Waals surface area contributed by atoms with Crippen LogP contribution in [0.4, 0.5) is 0 Å². The molecule has 0 amide bonds. The summed E-state index contributed by atoms with van der Waals surface area (Å²) in [5.74, 6) is 1.42. The molecule has 0 unspecified atom stereocenters. The normalized spacial score (nSPS) is 10.5.